The molecule has 6 nitrogen and oxygen atoms in total. The molecule has 0 spiro atoms. The lowest BCUT2D eigenvalue weighted by molar-refractivity contribution is -0.136. The van der Waals surface area contributed by atoms with Gasteiger partial charge in [0, 0.05) is 29.3 Å². The largest absolute Gasteiger partial charge is 0.457 e. The van der Waals surface area contributed by atoms with Crippen LogP contribution in [-0.4, -0.2) is 34.3 Å². The summed E-state index contributed by atoms with van der Waals surface area (Å²) in [5.41, 5.74) is 3.71. The Balaban J connectivity index is 1.16. The molecule has 2 N–H and O–H groups in total. The van der Waals surface area contributed by atoms with Crippen molar-refractivity contribution < 1.29 is 18.7 Å². The summed E-state index contributed by atoms with van der Waals surface area (Å²) in [7, 11) is 0. The van der Waals surface area contributed by atoms with E-state index < -0.39 is 6.04 Å². The lowest BCUT2D eigenvalue weighted by Gasteiger charge is -2.24. The molecule has 7 heteroatoms. The van der Waals surface area contributed by atoms with Gasteiger partial charge in [0.25, 0.3) is 0 Å². The second-order valence-electron chi connectivity index (χ2n) is 10.5. The maximum Gasteiger partial charge on any atom is 0.247 e. The van der Waals surface area contributed by atoms with Gasteiger partial charge in [0.05, 0.1) is 6.42 Å². The van der Waals surface area contributed by atoms with Gasteiger partial charge in [-0.2, -0.15) is 0 Å². The first kappa shape index (κ1) is 26.3. The second kappa shape index (κ2) is 11.7. The van der Waals surface area contributed by atoms with Crippen LogP contribution in [0.1, 0.15) is 17.5 Å². The van der Waals surface area contributed by atoms with E-state index in [1.807, 2.05) is 48.7 Å². The SMILES string of the molecule is O=C(Nc1ccc(Oc2ccc(F)cc2)cc1)[C@@H]1C[C@@H](Cc2ccccc2)CN1C(=O)Cc1c[nH]c2ccccc12. The van der Waals surface area contributed by atoms with E-state index in [-0.39, 0.29) is 30.0 Å². The van der Waals surface area contributed by atoms with Gasteiger partial charge >= 0.3 is 0 Å². The minimum atomic E-state index is -0.573. The number of carbonyl (C=O) groups excluding carboxylic acids is 2. The van der Waals surface area contributed by atoms with Crippen LogP contribution in [0, 0.1) is 11.7 Å². The van der Waals surface area contributed by atoms with E-state index in [4.69, 9.17) is 4.74 Å². The summed E-state index contributed by atoms with van der Waals surface area (Å²) in [6, 6.07) is 30.3. The Morgan fingerprint density at radius 2 is 1.56 bits per heavy atom. The first-order valence-electron chi connectivity index (χ1n) is 13.7. The predicted octanol–water partition coefficient (Wildman–Crippen LogP) is 6.74. The number of fused-ring (bicyclic) bond motifs is 1. The van der Waals surface area contributed by atoms with E-state index in [0.29, 0.717) is 30.2 Å². The molecule has 0 radical (unpaired) electrons. The number of likely N-dealkylation sites (tertiary alicyclic amines) is 1. The van der Waals surface area contributed by atoms with Gasteiger partial charge < -0.3 is 19.9 Å². The van der Waals surface area contributed by atoms with Crippen molar-refractivity contribution in [1.29, 1.82) is 0 Å². The molecule has 0 bridgehead atoms. The Morgan fingerprint density at radius 1 is 0.878 bits per heavy atom. The van der Waals surface area contributed by atoms with E-state index in [0.717, 1.165) is 22.9 Å². The average Bonchev–Trinajstić information content (AvgIpc) is 3.60. The van der Waals surface area contributed by atoms with Crippen LogP contribution in [0.4, 0.5) is 10.1 Å². The number of nitrogens with one attached hydrogen (secondary N) is 2. The van der Waals surface area contributed by atoms with E-state index in [2.05, 4.69) is 22.4 Å². The maximum absolute atomic E-state index is 13.7. The van der Waals surface area contributed by atoms with Crippen LogP contribution in [0.5, 0.6) is 11.5 Å². The highest BCUT2D eigenvalue weighted by Crippen LogP contribution is 2.30. The molecule has 5 aromatic rings. The first-order chi connectivity index (χ1) is 20.0. The first-order valence-corrected chi connectivity index (χ1v) is 13.7. The minimum Gasteiger partial charge on any atom is -0.457 e. The number of aromatic amines is 1. The van der Waals surface area contributed by atoms with Crippen LogP contribution in [0.3, 0.4) is 0 Å². The van der Waals surface area contributed by atoms with Gasteiger partial charge in [0.15, 0.2) is 0 Å². The van der Waals surface area contributed by atoms with Crippen molar-refractivity contribution in [3.8, 4) is 11.5 Å². The number of hydrogen-bond acceptors (Lipinski definition) is 3. The Bertz CT molecular complexity index is 1650. The van der Waals surface area contributed by atoms with Gasteiger partial charge in [-0.3, -0.25) is 9.59 Å². The van der Waals surface area contributed by atoms with E-state index >= 15 is 0 Å². The molecular formula is C34H30FN3O3. The highest BCUT2D eigenvalue weighted by molar-refractivity contribution is 5.98. The molecule has 2 amide bonds. The smallest absolute Gasteiger partial charge is 0.247 e. The monoisotopic (exact) mass is 547 g/mol. The minimum absolute atomic E-state index is 0.0616. The number of anilines is 1. The fourth-order valence-electron chi connectivity index (χ4n) is 5.56. The van der Waals surface area contributed by atoms with Gasteiger partial charge in [-0.1, -0.05) is 48.5 Å². The number of benzene rings is 4. The molecule has 1 fully saturated rings. The standard InChI is InChI=1S/C34H30FN3O3/c35-26-10-14-28(15-11-26)41-29-16-12-27(13-17-29)37-34(40)32-19-24(18-23-6-2-1-3-7-23)22-38(32)33(39)20-25-21-36-31-9-5-4-8-30(25)31/h1-17,21,24,32,36H,18-20,22H2,(H,37,40)/t24-,32+/m1/s1. The number of amides is 2. The maximum atomic E-state index is 13.7. The lowest BCUT2D eigenvalue weighted by Crippen LogP contribution is -2.43. The molecule has 0 saturated carbocycles. The van der Waals surface area contributed by atoms with Crippen LogP contribution in [0.25, 0.3) is 10.9 Å². The molecular weight excluding hydrogens is 517 g/mol. The second-order valence-corrected chi connectivity index (χ2v) is 10.5. The van der Waals surface area contributed by atoms with Crippen LogP contribution in [0.2, 0.25) is 0 Å². The van der Waals surface area contributed by atoms with E-state index in [1.54, 1.807) is 41.3 Å². The molecule has 1 aliphatic rings. The molecule has 1 saturated heterocycles. The van der Waals surface area contributed by atoms with E-state index in [1.165, 1.54) is 17.7 Å². The fourth-order valence-corrected chi connectivity index (χ4v) is 5.56. The number of nitrogens with zero attached hydrogens (tertiary/aromatic N) is 1. The van der Waals surface area contributed by atoms with Gasteiger partial charge in [-0.05, 0) is 84.5 Å². The molecule has 206 valence electrons. The summed E-state index contributed by atoms with van der Waals surface area (Å²) in [4.78, 5) is 32.2. The molecule has 1 aromatic heterocycles. The molecule has 2 heterocycles. The zero-order valence-corrected chi connectivity index (χ0v) is 22.4. The summed E-state index contributed by atoms with van der Waals surface area (Å²) in [6.07, 6.45) is 3.50. The number of hydrogen-bond donors (Lipinski definition) is 2. The third-order valence-corrected chi connectivity index (χ3v) is 7.57. The Morgan fingerprint density at radius 3 is 2.32 bits per heavy atom. The third-order valence-electron chi connectivity index (χ3n) is 7.57. The number of rotatable bonds is 8. The van der Waals surface area contributed by atoms with Gasteiger partial charge in [0.1, 0.15) is 23.4 Å². The third kappa shape index (κ3) is 6.14. The molecule has 0 unspecified atom stereocenters. The van der Waals surface area contributed by atoms with Crippen molar-refractivity contribution >= 4 is 28.4 Å². The lowest BCUT2D eigenvalue weighted by atomic mass is 9.96. The Hall–Kier alpha value is -4.91. The van der Waals surface area contributed by atoms with Crippen LogP contribution >= 0.6 is 0 Å². The van der Waals surface area contributed by atoms with E-state index in [9.17, 15) is 14.0 Å². The number of halogens is 1. The van der Waals surface area contributed by atoms with Gasteiger partial charge in [0.2, 0.25) is 11.8 Å². The van der Waals surface area contributed by atoms with Crippen molar-refractivity contribution in [2.24, 2.45) is 5.92 Å². The van der Waals surface area contributed by atoms with Crippen molar-refractivity contribution in [3.63, 3.8) is 0 Å². The fraction of sp³-hybridized carbons (Fsp3) is 0.176. The summed E-state index contributed by atoms with van der Waals surface area (Å²) >= 11 is 0. The zero-order valence-electron chi connectivity index (χ0n) is 22.4. The highest BCUT2D eigenvalue weighted by Gasteiger charge is 2.39. The number of carbonyl (C=O) groups is 2. The van der Waals surface area contributed by atoms with Crippen molar-refractivity contribution in [3.05, 3.63) is 126 Å². The van der Waals surface area contributed by atoms with Crippen LogP contribution in [-0.2, 0) is 22.4 Å². The number of H-pyrrole nitrogens is 1. The number of aromatic nitrogens is 1. The summed E-state index contributed by atoms with van der Waals surface area (Å²) in [5.74, 6) is 0.652. The zero-order chi connectivity index (χ0) is 28.2. The van der Waals surface area contributed by atoms with Gasteiger partial charge in [-0.25, -0.2) is 4.39 Å². The highest BCUT2D eigenvalue weighted by atomic mass is 19.1. The van der Waals surface area contributed by atoms with Crippen molar-refractivity contribution in [1.82, 2.24) is 9.88 Å². The molecule has 41 heavy (non-hydrogen) atoms. The quantitative estimate of drug-likeness (QED) is 0.226. The Kier molecular flexibility index (Phi) is 7.50. The summed E-state index contributed by atoms with van der Waals surface area (Å²) in [6.45, 7) is 0.526. The number of ether oxygens (including phenoxy) is 1. The van der Waals surface area contributed by atoms with Crippen molar-refractivity contribution in [2.75, 3.05) is 11.9 Å². The van der Waals surface area contributed by atoms with Crippen molar-refractivity contribution in [2.45, 2.75) is 25.3 Å². The summed E-state index contributed by atoms with van der Waals surface area (Å²) in [5, 5.41) is 4.01. The average molecular weight is 548 g/mol. The number of para-hydroxylation sites is 1. The predicted molar refractivity (Wildman–Crippen MR) is 157 cm³/mol. The molecule has 0 aliphatic carbocycles. The van der Waals surface area contributed by atoms with Crippen LogP contribution < -0.4 is 10.1 Å². The summed E-state index contributed by atoms with van der Waals surface area (Å²) < 4.78 is 18.9. The molecule has 1 aliphatic heterocycles. The Labute approximate surface area is 237 Å². The van der Waals surface area contributed by atoms with Crippen LogP contribution in [0.15, 0.2) is 109 Å². The normalized spacial score (nSPS) is 16.6. The molecule has 6 rings (SSSR count). The topological polar surface area (TPSA) is 74.4 Å². The molecule has 4 aromatic carbocycles. The van der Waals surface area contributed by atoms with Gasteiger partial charge in [-0.15, -0.1) is 0 Å². The molecule has 2 atom stereocenters.